The van der Waals surface area contributed by atoms with Crippen LogP contribution in [0.4, 0.5) is 0 Å². The van der Waals surface area contributed by atoms with Gasteiger partial charge in [-0.2, -0.15) is 4.31 Å². The highest BCUT2D eigenvalue weighted by Crippen LogP contribution is 2.23. The number of halogens is 1. The van der Waals surface area contributed by atoms with Crippen molar-refractivity contribution in [2.24, 2.45) is 0 Å². The molecule has 102 valence electrons. The molecule has 19 heavy (non-hydrogen) atoms. The standard InChI is InChI=1S/C12H13BrN2O2S2/c1-9-14-7-12(18-9)19(16,17)15(2)8-10-4-3-5-11(13)6-10/h3-7H,8H2,1-2H3. The molecule has 1 aromatic carbocycles. The van der Waals surface area contributed by atoms with Crippen molar-refractivity contribution in [3.8, 4) is 0 Å². The minimum atomic E-state index is -3.46. The van der Waals surface area contributed by atoms with E-state index in [-0.39, 0.29) is 4.21 Å². The van der Waals surface area contributed by atoms with Crippen molar-refractivity contribution in [2.75, 3.05) is 7.05 Å². The van der Waals surface area contributed by atoms with Gasteiger partial charge in [0.1, 0.15) is 0 Å². The molecule has 1 aromatic heterocycles. The van der Waals surface area contributed by atoms with Crippen LogP contribution in [0.15, 0.2) is 39.1 Å². The lowest BCUT2D eigenvalue weighted by Gasteiger charge is -2.15. The summed E-state index contributed by atoms with van der Waals surface area (Å²) in [5.74, 6) is 0. The van der Waals surface area contributed by atoms with Gasteiger partial charge in [-0.15, -0.1) is 11.3 Å². The Morgan fingerprint density at radius 1 is 1.42 bits per heavy atom. The van der Waals surface area contributed by atoms with Gasteiger partial charge in [0.2, 0.25) is 0 Å². The lowest BCUT2D eigenvalue weighted by atomic mass is 10.2. The van der Waals surface area contributed by atoms with Gasteiger partial charge in [-0.3, -0.25) is 0 Å². The molecule has 0 spiro atoms. The van der Waals surface area contributed by atoms with Gasteiger partial charge in [0.05, 0.1) is 11.2 Å². The highest BCUT2D eigenvalue weighted by atomic mass is 79.9. The van der Waals surface area contributed by atoms with Gasteiger partial charge in [0.15, 0.2) is 4.21 Å². The van der Waals surface area contributed by atoms with Crippen molar-refractivity contribution in [3.63, 3.8) is 0 Å². The van der Waals surface area contributed by atoms with E-state index in [4.69, 9.17) is 0 Å². The van der Waals surface area contributed by atoms with Gasteiger partial charge >= 0.3 is 0 Å². The van der Waals surface area contributed by atoms with Crippen LogP contribution in [0.1, 0.15) is 10.6 Å². The number of benzene rings is 1. The molecule has 2 rings (SSSR count). The highest BCUT2D eigenvalue weighted by molar-refractivity contribution is 9.10. The SMILES string of the molecule is Cc1ncc(S(=O)(=O)N(C)Cc2cccc(Br)c2)s1. The summed E-state index contributed by atoms with van der Waals surface area (Å²) in [6, 6.07) is 7.60. The third-order valence-electron chi connectivity index (χ3n) is 2.56. The third kappa shape index (κ3) is 3.42. The van der Waals surface area contributed by atoms with Gasteiger partial charge in [-0.05, 0) is 24.6 Å². The van der Waals surface area contributed by atoms with E-state index in [9.17, 15) is 8.42 Å². The van der Waals surface area contributed by atoms with Gasteiger partial charge < -0.3 is 0 Å². The summed E-state index contributed by atoms with van der Waals surface area (Å²) in [7, 11) is -1.88. The second-order valence-corrected chi connectivity index (χ2v) is 8.51. The second kappa shape index (κ2) is 5.70. The van der Waals surface area contributed by atoms with Crippen LogP contribution in [0.25, 0.3) is 0 Å². The fourth-order valence-corrected chi connectivity index (χ4v) is 4.52. The van der Waals surface area contributed by atoms with Crippen molar-refractivity contribution in [2.45, 2.75) is 17.7 Å². The Hall–Kier alpha value is -0.760. The van der Waals surface area contributed by atoms with Gasteiger partial charge in [0, 0.05) is 18.1 Å². The molecule has 4 nitrogen and oxygen atoms in total. The van der Waals surface area contributed by atoms with Crippen LogP contribution in [0.2, 0.25) is 0 Å². The summed E-state index contributed by atoms with van der Waals surface area (Å²) in [5.41, 5.74) is 0.932. The van der Waals surface area contributed by atoms with E-state index < -0.39 is 10.0 Å². The molecule has 1 heterocycles. The molecule has 0 aliphatic carbocycles. The number of hydrogen-bond donors (Lipinski definition) is 0. The Kier molecular flexibility index (Phi) is 4.39. The molecule has 0 aliphatic heterocycles. The maximum absolute atomic E-state index is 12.3. The van der Waals surface area contributed by atoms with Gasteiger partial charge in [-0.25, -0.2) is 13.4 Å². The van der Waals surface area contributed by atoms with Crippen molar-refractivity contribution < 1.29 is 8.42 Å². The largest absolute Gasteiger partial charge is 0.254 e. The lowest BCUT2D eigenvalue weighted by molar-refractivity contribution is 0.468. The molecule has 0 fully saturated rings. The van der Waals surface area contributed by atoms with Crippen LogP contribution in [-0.4, -0.2) is 24.8 Å². The van der Waals surface area contributed by atoms with Crippen LogP contribution in [-0.2, 0) is 16.6 Å². The van der Waals surface area contributed by atoms with Crippen molar-refractivity contribution in [1.29, 1.82) is 0 Å². The van der Waals surface area contributed by atoms with Crippen molar-refractivity contribution >= 4 is 37.3 Å². The normalized spacial score (nSPS) is 12.0. The maximum atomic E-state index is 12.3. The smallest absolute Gasteiger partial charge is 0.249 e. The predicted octanol–water partition coefficient (Wildman–Crippen LogP) is 3.03. The van der Waals surface area contributed by atoms with Crippen LogP contribution >= 0.6 is 27.3 Å². The molecule has 0 atom stereocenters. The number of nitrogens with zero attached hydrogens (tertiary/aromatic N) is 2. The molecule has 0 aliphatic rings. The summed E-state index contributed by atoms with van der Waals surface area (Å²) in [6.07, 6.45) is 1.41. The Balaban J connectivity index is 2.22. The molecule has 0 saturated heterocycles. The van der Waals surface area contributed by atoms with E-state index in [0.717, 1.165) is 15.0 Å². The van der Waals surface area contributed by atoms with Crippen molar-refractivity contribution in [1.82, 2.24) is 9.29 Å². The van der Waals surface area contributed by atoms with Crippen LogP contribution in [0, 0.1) is 6.92 Å². The Labute approximate surface area is 125 Å². The van der Waals surface area contributed by atoms with E-state index in [0.29, 0.717) is 6.54 Å². The number of hydrogen-bond acceptors (Lipinski definition) is 4. The third-order valence-corrected chi connectivity index (χ3v) is 6.21. The predicted molar refractivity (Wildman–Crippen MR) is 79.6 cm³/mol. The monoisotopic (exact) mass is 360 g/mol. The first-order valence-corrected chi connectivity index (χ1v) is 8.58. The maximum Gasteiger partial charge on any atom is 0.254 e. The minimum Gasteiger partial charge on any atom is -0.249 e. The molecule has 0 N–H and O–H groups in total. The highest BCUT2D eigenvalue weighted by Gasteiger charge is 2.23. The molecule has 0 saturated carbocycles. The van der Waals surface area contributed by atoms with E-state index in [1.165, 1.54) is 21.8 Å². The second-order valence-electron chi connectivity index (χ2n) is 4.09. The zero-order valence-electron chi connectivity index (χ0n) is 10.5. The Morgan fingerprint density at radius 2 is 2.16 bits per heavy atom. The Morgan fingerprint density at radius 3 is 2.74 bits per heavy atom. The van der Waals surface area contributed by atoms with Gasteiger partial charge in [-0.1, -0.05) is 28.1 Å². The topological polar surface area (TPSA) is 50.3 Å². The molecule has 7 heteroatoms. The number of aryl methyl sites for hydroxylation is 1. The summed E-state index contributed by atoms with van der Waals surface area (Å²) in [4.78, 5) is 3.99. The summed E-state index contributed by atoms with van der Waals surface area (Å²) >= 11 is 4.56. The number of aromatic nitrogens is 1. The van der Waals surface area contributed by atoms with E-state index in [1.54, 1.807) is 14.0 Å². The quantitative estimate of drug-likeness (QED) is 0.841. The number of sulfonamides is 1. The summed E-state index contributed by atoms with van der Waals surface area (Å²) in [6.45, 7) is 2.12. The molecule has 0 bridgehead atoms. The molecular formula is C12H13BrN2O2S2. The van der Waals surface area contributed by atoms with Crippen molar-refractivity contribution in [3.05, 3.63) is 45.5 Å². The number of rotatable bonds is 4. The zero-order chi connectivity index (χ0) is 14.0. The molecule has 2 aromatic rings. The van der Waals surface area contributed by atoms with Crippen LogP contribution in [0.3, 0.4) is 0 Å². The van der Waals surface area contributed by atoms with Gasteiger partial charge in [0.25, 0.3) is 10.0 Å². The molecule has 0 radical (unpaired) electrons. The lowest BCUT2D eigenvalue weighted by Crippen LogP contribution is -2.25. The molecule has 0 unspecified atom stereocenters. The first kappa shape index (κ1) is 14.6. The Bertz CT molecular complexity index is 683. The fourth-order valence-electron chi connectivity index (χ4n) is 1.59. The fraction of sp³-hybridized carbons (Fsp3) is 0.250. The van der Waals surface area contributed by atoms with Crippen LogP contribution in [0.5, 0.6) is 0 Å². The minimum absolute atomic E-state index is 0.280. The first-order chi connectivity index (χ1) is 8.89. The average molecular weight is 361 g/mol. The van der Waals surface area contributed by atoms with E-state index >= 15 is 0 Å². The number of thiazole rings is 1. The summed E-state index contributed by atoms with van der Waals surface area (Å²) < 4.78 is 27.2. The summed E-state index contributed by atoms with van der Waals surface area (Å²) in [5, 5.41) is 0.745. The molecular weight excluding hydrogens is 348 g/mol. The average Bonchev–Trinajstić information content (AvgIpc) is 2.76. The first-order valence-electron chi connectivity index (χ1n) is 5.53. The van der Waals surface area contributed by atoms with Crippen LogP contribution < -0.4 is 0 Å². The molecule has 0 amide bonds. The van der Waals surface area contributed by atoms with E-state index in [1.807, 2.05) is 24.3 Å². The van der Waals surface area contributed by atoms with E-state index in [2.05, 4.69) is 20.9 Å². The zero-order valence-corrected chi connectivity index (χ0v) is 13.7.